The van der Waals surface area contributed by atoms with Crippen LogP contribution in [0.2, 0.25) is 0 Å². The fourth-order valence-corrected chi connectivity index (χ4v) is 4.13. The van der Waals surface area contributed by atoms with Crippen molar-refractivity contribution in [2.75, 3.05) is 34.5 Å². The molecule has 3 aromatic rings. The molecule has 0 unspecified atom stereocenters. The van der Waals surface area contributed by atoms with Crippen molar-refractivity contribution in [3.63, 3.8) is 0 Å². The van der Waals surface area contributed by atoms with E-state index in [1.54, 1.807) is 29.2 Å². The lowest BCUT2D eigenvalue weighted by molar-refractivity contribution is -0.384. The van der Waals surface area contributed by atoms with Crippen LogP contribution in [0, 0.1) is 10.1 Å². The van der Waals surface area contributed by atoms with Crippen LogP contribution in [-0.4, -0.2) is 61.5 Å². The molecule has 2 aromatic carbocycles. The van der Waals surface area contributed by atoms with Crippen LogP contribution in [0.3, 0.4) is 0 Å². The number of nitrogens with zero attached hydrogens (tertiary/aromatic N) is 3. The summed E-state index contributed by atoms with van der Waals surface area (Å²) < 4.78 is 27.5. The van der Waals surface area contributed by atoms with Crippen molar-refractivity contribution in [3.8, 4) is 28.6 Å². The number of benzene rings is 2. The van der Waals surface area contributed by atoms with Gasteiger partial charge in [-0.1, -0.05) is 11.2 Å². The number of hydrogen-bond donors (Lipinski definition) is 0. The zero-order chi connectivity index (χ0) is 25.7. The summed E-state index contributed by atoms with van der Waals surface area (Å²) in [6, 6.07) is 10.9. The fourth-order valence-electron chi connectivity index (χ4n) is 4.13. The zero-order valence-corrected chi connectivity index (χ0v) is 20.3. The molecular weight excluding hydrogens is 470 g/mol. The molecule has 0 bridgehead atoms. The van der Waals surface area contributed by atoms with Crippen molar-refractivity contribution in [2.45, 2.75) is 25.5 Å². The Bertz CT molecular complexity index is 1210. The number of hydrogen-bond acceptors (Lipinski definition) is 9. The second-order valence-electron chi connectivity index (χ2n) is 8.22. The Hall–Kier alpha value is -4.12. The van der Waals surface area contributed by atoms with Gasteiger partial charge >= 0.3 is 0 Å². The van der Waals surface area contributed by atoms with Crippen molar-refractivity contribution in [1.29, 1.82) is 0 Å². The molecule has 0 saturated carbocycles. The molecule has 0 radical (unpaired) electrons. The minimum absolute atomic E-state index is 0.117. The van der Waals surface area contributed by atoms with Gasteiger partial charge in [0.2, 0.25) is 5.75 Å². The first-order valence-electron chi connectivity index (χ1n) is 11.3. The van der Waals surface area contributed by atoms with Crippen LogP contribution < -0.4 is 14.2 Å². The molecule has 0 N–H and O–H groups in total. The first-order valence-corrected chi connectivity index (χ1v) is 11.3. The number of ether oxygens (including phenoxy) is 4. The quantitative estimate of drug-likeness (QED) is 0.300. The predicted octanol–water partition coefficient (Wildman–Crippen LogP) is 4.10. The third kappa shape index (κ3) is 5.41. The van der Waals surface area contributed by atoms with Gasteiger partial charge in [-0.05, 0) is 31.0 Å². The largest absolute Gasteiger partial charge is 0.493 e. The molecule has 1 saturated heterocycles. The monoisotopic (exact) mass is 497 g/mol. The number of methoxy groups -OCH3 is 3. The van der Waals surface area contributed by atoms with Crippen LogP contribution in [0.15, 0.2) is 47.0 Å². The normalized spacial score (nSPS) is 14.9. The highest BCUT2D eigenvalue weighted by molar-refractivity contribution is 5.94. The smallest absolute Gasteiger partial charge is 0.270 e. The first-order chi connectivity index (χ1) is 17.4. The summed E-state index contributed by atoms with van der Waals surface area (Å²) >= 11 is 0. The Morgan fingerprint density at radius 2 is 1.89 bits per heavy atom. The van der Waals surface area contributed by atoms with Gasteiger partial charge in [-0.15, -0.1) is 0 Å². The highest BCUT2D eigenvalue weighted by Crippen LogP contribution is 2.41. The number of carbonyl (C=O) groups is 1. The van der Waals surface area contributed by atoms with Gasteiger partial charge in [0.15, 0.2) is 17.3 Å². The summed E-state index contributed by atoms with van der Waals surface area (Å²) in [7, 11) is 4.57. The molecular formula is C25H27N3O8. The van der Waals surface area contributed by atoms with E-state index in [9.17, 15) is 14.9 Å². The zero-order valence-electron chi connectivity index (χ0n) is 20.3. The molecule has 0 aliphatic carbocycles. The number of nitro groups is 1. The molecule has 4 rings (SSSR count). The summed E-state index contributed by atoms with van der Waals surface area (Å²) in [6.07, 6.45) is 1.63. The molecule has 1 amide bonds. The first kappa shape index (κ1) is 25.0. The number of amides is 1. The molecule has 2 heterocycles. The minimum Gasteiger partial charge on any atom is -0.493 e. The lowest BCUT2D eigenvalue weighted by atomic mass is 10.1. The van der Waals surface area contributed by atoms with Gasteiger partial charge < -0.3 is 28.4 Å². The van der Waals surface area contributed by atoms with E-state index < -0.39 is 4.92 Å². The molecule has 1 aliphatic rings. The number of aromatic nitrogens is 1. The minimum atomic E-state index is -0.525. The number of carbonyl (C=O) groups excluding carboxylic acids is 1. The van der Waals surface area contributed by atoms with E-state index >= 15 is 0 Å². The van der Waals surface area contributed by atoms with E-state index in [4.69, 9.17) is 23.5 Å². The highest BCUT2D eigenvalue weighted by Gasteiger charge is 2.26. The third-order valence-corrected chi connectivity index (χ3v) is 5.90. The lowest BCUT2D eigenvalue weighted by Crippen LogP contribution is -2.37. The Morgan fingerprint density at radius 1 is 1.14 bits per heavy atom. The standard InChI is InChI=1S/C25H27N3O8/c1-32-22-11-17(12-23(33-2)24(22)34-3)21-13-18(26-36-21)14-27(15-20-8-5-9-35-20)25(29)16-6-4-7-19(10-16)28(30)31/h4,6-7,10-13,20H,5,8-9,14-15H2,1-3H3/t20-/m1/s1. The van der Waals surface area contributed by atoms with Crippen LogP contribution in [0.4, 0.5) is 5.69 Å². The van der Waals surface area contributed by atoms with Crippen molar-refractivity contribution in [3.05, 3.63) is 63.8 Å². The van der Waals surface area contributed by atoms with E-state index in [0.29, 0.717) is 47.4 Å². The van der Waals surface area contributed by atoms with Gasteiger partial charge in [-0.2, -0.15) is 0 Å². The van der Waals surface area contributed by atoms with Gasteiger partial charge in [0.25, 0.3) is 11.6 Å². The van der Waals surface area contributed by atoms with Gasteiger partial charge in [0.05, 0.1) is 38.9 Å². The molecule has 190 valence electrons. The van der Waals surface area contributed by atoms with Crippen LogP contribution >= 0.6 is 0 Å². The second kappa shape index (κ2) is 11.1. The van der Waals surface area contributed by atoms with Crippen molar-refractivity contribution in [2.24, 2.45) is 0 Å². The van der Waals surface area contributed by atoms with Crippen LogP contribution in [0.5, 0.6) is 17.2 Å². The van der Waals surface area contributed by atoms with E-state index in [0.717, 1.165) is 12.8 Å². The van der Waals surface area contributed by atoms with E-state index in [1.807, 2.05) is 0 Å². The van der Waals surface area contributed by atoms with Crippen LogP contribution in [0.25, 0.3) is 11.3 Å². The SMILES string of the molecule is COc1cc(-c2cc(CN(C[C@H]3CCCO3)C(=O)c3cccc([N+](=O)[O-])c3)no2)cc(OC)c1OC. The summed E-state index contributed by atoms with van der Waals surface area (Å²) in [5.41, 5.74) is 1.23. The summed E-state index contributed by atoms with van der Waals surface area (Å²) in [5.74, 6) is 1.47. The van der Waals surface area contributed by atoms with Crippen LogP contribution in [0.1, 0.15) is 28.9 Å². The molecule has 36 heavy (non-hydrogen) atoms. The van der Waals surface area contributed by atoms with Gasteiger partial charge in [0.1, 0.15) is 5.69 Å². The second-order valence-corrected chi connectivity index (χ2v) is 8.22. The molecule has 1 aromatic heterocycles. The molecule has 0 spiro atoms. The van der Waals surface area contributed by atoms with Crippen LogP contribution in [-0.2, 0) is 11.3 Å². The molecule has 11 heteroatoms. The fraction of sp³-hybridized carbons (Fsp3) is 0.360. The summed E-state index contributed by atoms with van der Waals surface area (Å²) in [6.45, 7) is 1.10. The third-order valence-electron chi connectivity index (χ3n) is 5.90. The van der Waals surface area contributed by atoms with Gasteiger partial charge in [0, 0.05) is 42.5 Å². The van der Waals surface area contributed by atoms with E-state index in [2.05, 4.69) is 5.16 Å². The van der Waals surface area contributed by atoms with Crippen molar-refractivity contribution < 1.29 is 33.2 Å². The number of nitro benzene ring substituents is 1. The molecule has 1 fully saturated rings. The average molecular weight is 498 g/mol. The highest BCUT2D eigenvalue weighted by atomic mass is 16.6. The van der Waals surface area contributed by atoms with E-state index in [-0.39, 0.29) is 29.8 Å². The topological polar surface area (TPSA) is 126 Å². The molecule has 11 nitrogen and oxygen atoms in total. The van der Waals surface area contributed by atoms with Crippen molar-refractivity contribution >= 4 is 11.6 Å². The summed E-state index contributed by atoms with van der Waals surface area (Å²) in [5, 5.41) is 15.3. The average Bonchev–Trinajstić information content (AvgIpc) is 3.59. The Kier molecular flexibility index (Phi) is 7.69. The number of rotatable bonds is 10. The van der Waals surface area contributed by atoms with Crippen molar-refractivity contribution in [1.82, 2.24) is 10.1 Å². The maximum Gasteiger partial charge on any atom is 0.270 e. The maximum atomic E-state index is 13.4. The Balaban J connectivity index is 1.61. The summed E-state index contributed by atoms with van der Waals surface area (Å²) in [4.78, 5) is 25.6. The predicted molar refractivity (Wildman–Crippen MR) is 128 cm³/mol. The van der Waals surface area contributed by atoms with Gasteiger partial charge in [-0.3, -0.25) is 14.9 Å². The Morgan fingerprint density at radius 3 is 2.50 bits per heavy atom. The molecule has 1 aliphatic heterocycles. The maximum absolute atomic E-state index is 13.4. The number of non-ortho nitro benzene ring substituents is 1. The van der Waals surface area contributed by atoms with E-state index in [1.165, 1.54) is 39.5 Å². The molecule has 1 atom stereocenters. The lowest BCUT2D eigenvalue weighted by Gasteiger charge is -2.24. The Labute approximate surface area is 207 Å². The van der Waals surface area contributed by atoms with Gasteiger partial charge in [-0.25, -0.2) is 0 Å².